The summed E-state index contributed by atoms with van der Waals surface area (Å²) in [5, 5.41) is 9.14. The summed E-state index contributed by atoms with van der Waals surface area (Å²) in [4.78, 5) is 4.94. The Balaban J connectivity index is 1.76. The first-order chi connectivity index (χ1) is 16.8. The molecule has 7 nitrogen and oxygen atoms in total. The Labute approximate surface area is 208 Å². The average molecular weight is 506 g/mol. The fraction of sp³-hybridized carbons (Fsp3) is 0.154. The fourth-order valence-electron chi connectivity index (χ4n) is 4.61. The van der Waals surface area contributed by atoms with Crippen molar-refractivity contribution in [1.29, 1.82) is 0 Å². The SMILES string of the molecule is CCC(c1ccc(Cl)cc1)(c1nc(-c2ccccc2)n[nH]1)n1ccc2c(NS(C)(=O)=O)cccc21. The van der Waals surface area contributed by atoms with Crippen molar-refractivity contribution in [3.63, 3.8) is 0 Å². The smallest absolute Gasteiger partial charge is 0.229 e. The summed E-state index contributed by atoms with van der Waals surface area (Å²) in [6.45, 7) is 2.09. The quantitative estimate of drug-likeness (QED) is 0.299. The highest BCUT2D eigenvalue weighted by atomic mass is 35.5. The number of benzene rings is 3. The van der Waals surface area contributed by atoms with Gasteiger partial charge < -0.3 is 4.57 Å². The van der Waals surface area contributed by atoms with E-state index in [0.717, 1.165) is 28.3 Å². The van der Waals surface area contributed by atoms with Gasteiger partial charge in [0.05, 0.1) is 17.5 Å². The lowest BCUT2D eigenvalue weighted by molar-refractivity contribution is 0.405. The van der Waals surface area contributed by atoms with Crippen LogP contribution in [0.5, 0.6) is 0 Å². The zero-order valence-electron chi connectivity index (χ0n) is 19.2. The third-order valence-corrected chi connectivity index (χ3v) is 7.02. The number of hydrogen-bond acceptors (Lipinski definition) is 4. The highest BCUT2D eigenvalue weighted by Gasteiger charge is 2.39. The van der Waals surface area contributed by atoms with Crippen LogP contribution in [0.15, 0.2) is 85.1 Å². The maximum absolute atomic E-state index is 12.0. The molecule has 0 bridgehead atoms. The van der Waals surface area contributed by atoms with Crippen LogP contribution in [0.2, 0.25) is 5.02 Å². The molecule has 0 radical (unpaired) electrons. The molecule has 1 atom stereocenters. The number of halogens is 1. The lowest BCUT2D eigenvalue weighted by Crippen LogP contribution is -2.36. The molecule has 1 unspecified atom stereocenters. The van der Waals surface area contributed by atoms with Gasteiger partial charge in [0.1, 0.15) is 5.54 Å². The van der Waals surface area contributed by atoms with Crippen LogP contribution in [0, 0.1) is 0 Å². The Hall–Kier alpha value is -3.62. The van der Waals surface area contributed by atoms with E-state index < -0.39 is 15.6 Å². The molecule has 0 spiro atoms. The monoisotopic (exact) mass is 505 g/mol. The zero-order chi connectivity index (χ0) is 24.6. The molecule has 35 heavy (non-hydrogen) atoms. The van der Waals surface area contributed by atoms with E-state index in [2.05, 4.69) is 26.4 Å². The predicted molar refractivity (Wildman–Crippen MR) is 140 cm³/mol. The molecule has 0 saturated heterocycles. The lowest BCUT2D eigenvalue weighted by atomic mass is 9.85. The molecule has 9 heteroatoms. The second-order valence-electron chi connectivity index (χ2n) is 8.39. The van der Waals surface area contributed by atoms with Crippen LogP contribution in [-0.4, -0.2) is 34.4 Å². The van der Waals surface area contributed by atoms with E-state index in [1.807, 2.05) is 79.0 Å². The van der Waals surface area contributed by atoms with E-state index in [-0.39, 0.29) is 0 Å². The van der Waals surface area contributed by atoms with E-state index in [0.29, 0.717) is 28.8 Å². The Morgan fingerprint density at radius 3 is 2.43 bits per heavy atom. The third-order valence-electron chi connectivity index (χ3n) is 6.18. The molecule has 0 aliphatic rings. The van der Waals surface area contributed by atoms with Gasteiger partial charge in [-0.2, -0.15) is 5.10 Å². The number of rotatable bonds is 7. The normalized spacial score (nSPS) is 13.6. The summed E-state index contributed by atoms with van der Waals surface area (Å²) >= 11 is 6.23. The van der Waals surface area contributed by atoms with E-state index in [1.54, 1.807) is 6.07 Å². The molecule has 2 heterocycles. The van der Waals surface area contributed by atoms with Crippen molar-refractivity contribution in [2.45, 2.75) is 18.9 Å². The molecule has 2 aromatic heterocycles. The van der Waals surface area contributed by atoms with Gasteiger partial charge in [-0.25, -0.2) is 13.4 Å². The first-order valence-corrected chi connectivity index (χ1v) is 13.4. The Morgan fingerprint density at radius 2 is 1.74 bits per heavy atom. The number of hydrogen-bond donors (Lipinski definition) is 2. The molecule has 5 aromatic rings. The summed E-state index contributed by atoms with van der Waals surface area (Å²) in [6, 6.07) is 25.0. The Kier molecular flexibility index (Phi) is 5.86. The van der Waals surface area contributed by atoms with E-state index in [1.165, 1.54) is 0 Å². The Bertz CT molecular complexity index is 1590. The minimum Gasteiger partial charge on any atom is -0.330 e. The molecule has 0 aliphatic carbocycles. The molecular weight excluding hydrogens is 482 g/mol. The number of aromatic nitrogens is 4. The number of nitrogens with one attached hydrogen (secondary N) is 2. The van der Waals surface area contributed by atoms with Crippen LogP contribution in [-0.2, 0) is 15.6 Å². The van der Waals surface area contributed by atoms with Gasteiger partial charge in [-0.15, -0.1) is 0 Å². The van der Waals surface area contributed by atoms with Crippen molar-refractivity contribution >= 4 is 38.2 Å². The van der Waals surface area contributed by atoms with Gasteiger partial charge in [0.15, 0.2) is 11.6 Å². The second kappa shape index (κ2) is 8.87. The van der Waals surface area contributed by atoms with Gasteiger partial charge >= 0.3 is 0 Å². The van der Waals surface area contributed by atoms with E-state index in [4.69, 9.17) is 16.6 Å². The topological polar surface area (TPSA) is 92.7 Å². The molecule has 0 fully saturated rings. The number of sulfonamides is 1. The second-order valence-corrected chi connectivity index (χ2v) is 10.6. The van der Waals surface area contributed by atoms with Crippen LogP contribution in [0.3, 0.4) is 0 Å². The molecule has 0 saturated carbocycles. The molecule has 2 N–H and O–H groups in total. The zero-order valence-corrected chi connectivity index (χ0v) is 20.8. The van der Waals surface area contributed by atoms with Crippen molar-refractivity contribution in [1.82, 2.24) is 19.7 Å². The number of aromatic amines is 1. The first-order valence-electron chi connectivity index (χ1n) is 11.1. The largest absolute Gasteiger partial charge is 0.330 e. The molecular formula is C26H24ClN5O2S. The first kappa shape index (κ1) is 23.1. The predicted octanol–water partition coefficient (Wildman–Crippen LogP) is 5.65. The van der Waals surface area contributed by atoms with Crippen LogP contribution in [0.1, 0.15) is 24.7 Å². The highest BCUT2D eigenvalue weighted by molar-refractivity contribution is 7.92. The van der Waals surface area contributed by atoms with Crippen molar-refractivity contribution in [3.8, 4) is 11.4 Å². The Morgan fingerprint density at radius 1 is 1.00 bits per heavy atom. The van der Waals surface area contributed by atoms with Crippen LogP contribution >= 0.6 is 11.6 Å². The van der Waals surface area contributed by atoms with Crippen LogP contribution < -0.4 is 4.72 Å². The maximum atomic E-state index is 12.0. The van der Waals surface area contributed by atoms with Crippen LogP contribution in [0.4, 0.5) is 5.69 Å². The number of fused-ring (bicyclic) bond motifs is 1. The summed E-state index contributed by atoms with van der Waals surface area (Å²) in [7, 11) is -3.44. The summed E-state index contributed by atoms with van der Waals surface area (Å²) in [5.74, 6) is 1.27. The van der Waals surface area contributed by atoms with Gasteiger partial charge in [-0.1, -0.05) is 67.1 Å². The van der Waals surface area contributed by atoms with Crippen molar-refractivity contribution in [2.75, 3.05) is 11.0 Å². The molecule has 0 amide bonds. The lowest BCUT2D eigenvalue weighted by Gasteiger charge is -2.34. The third kappa shape index (κ3) is 4.19. The number of nitrogens with zero attached hydrogens (tertiary/aromatic N) is 3. The highest BCUT2D eigenvalue weighted by Crippen LogP contribution is 2.40. The minimum absolute atomic E-state index is 0.521. The summed E-state index contributed by atoms with van der Waals surface area (Å²) < 4.78 is 28.7. The molecule has 5 rings (SSSR count). The molecule has 3 aromatic carbocycles. The minimum atomic E-state index is -3.44. The average Bonchev–Trinajstić information content (AvgIpc) is 3.50. The van der Waals surface area contributed by atoms with Gasteiger partial charge in [0.25, 0.3) is 0 Å². The van der Waals surface area contributed by atoms with Gasteiger partial charge in [0, 0.05) is 22.2 Å². The fourth-order valence-corrected chi connectivity index (χ4v) is 5.31. The van der Waals surface area contributed by atoms with Crippen molar-refractivity contribution in [3.05, 3.63) is 101 Å². The summed E-state index contributed by atoms with van der Waals surface area (Å²) in [6.07, 6.45) is 3.75. The summed E-state index contributed by atoms with van der Waals surface area (Å²) in [5.41, 5.74) is 2.50. The number of anilines is 1. The number of H-pyrrole nitrogens is 1. The van der Waals surface area contributed by atoms with Crippen LogP contribution in [0.25, 0.3) is 22.3 Å². The molecule has 0 aliphatic heterocycles. The van der Waals surface area contributed by atoms with Crippen molar-refractivity contribution in [2.24, 2.45) is 0 Å². The van der Waals surface area contributed by atoms with Crippen molar-refractivity contribution < 1.29 is 8.42 Å². The van der Waals surface area contributed by atoms with E-state index in [9.17, 15) is 8.42 Å². The van der Waals surface area contributed by atoms with Gasteiger partial charge in [-0.3, -0.25) is 9.82 Å². The van der Waals surface area contributed by atoms with Gasteiger partial charge in [-0.05, 0) is 42.3 Å². The maximum Gasteiger partial charge on any atom is 0.229 e. The molecule has 178 valence electrons. The standard InChI is InChI=1S/C26H24ClN5O2S/c1-3-26(19-12-14-20(27)15-13-19,25-28-24(29-30-25)18-8-5-4-6-9-18)32-17-16-21-22(31-35(2,33)34)10-7-11-23(21)32/h4-17,31H,3H2,1-2H3,(H,28,29,30). The van der Waals surface area contributed by atoms with Gasteiger partial charge in [0.2, 0.25) is 10.0 Å². The van der Waals surface area contributed by atoms with E-state index >= 15 is 0 Å².